The average Bonchev–Trinajstić information content (AvgIpc) is 3.03. The van der Waals surface area contributed by atoms with Crippen LogP contribution in [-0.4, -0.2) is 23.5 Å². The van der Waals surface area contributed by atoms with Crippen LogP contribution in [0.5, 0.6) is 0 Å². The van der Waals surface area contributed by atoms with E-state index in [1.165, 1.54) is 16.8 Å². The molecule has 0 bridgehead atoms. The van der Waals surface area contributed by atoms with E-state index in [-0.39, 0.29) is 11.8 Å². The molecule has 1 saturated carbocycles. The van der Waals surface area contributed by atoms with Crippen molar-refractivity contribution < 1.29 is 14.7 Å². The number of nitrogens with one attached hydrogen (secondary N) is 1. The molecular formula is C22H24N2O3. The van der Waals surface area contributed by atoms with Crippen molar-refractivity contribution in [3.63, 3.8) is 0 Å². The highest BCUT2D eigenvalue weighted by Crippen LogP contribution is 2.34. The number of carbonyl (C=O) groups is 2. The second-order valence-corrected chi connectivity index (χ2v) is 7.46. The molecular weight excluding hydrogens is 340 g/mol. The number of amides is 1. The predicted octanol–water partition coefficient (Wildman–Crippen LogP) is 2.98. The van der Waals surface area contributed by atoms with E-state index < -0.39 is 11.9 Å². The van der Waals surface area contributed by atoms with Crippen molar-refractivity contribution in [3.05, 3.63) is 65.2 Å². The molecule has 0 aromatic heterocycles. The molecule has 1 fully saturated rings. The average molecular weight is 364 g/mol. The van der Waals surface area contributed by atoms with E-state index in [0.717, 1.165) is 25.1 Å². The number of carbonyl (C=O) groups excluding carboxylic acids is 1. The van der Waals surface area contributed by atoms with Crippen molar-refractivity contribution in [2.75, 3.05) is 11.4 Å². The molecule has 0 radical (unpaired) electrons. The summed E-state index contributed by atoms with van der Waals surface area (Å²) < 4.78 is 0. The Morgan fingerprint density at radius 1 is 1.00 bits per heavy atom. The summed E-state index contributed by atoms with van der Waals surface area (Å²) >= 11 is 0. The minimum absolute atomic E-state index is 0.147. The van der Waals surface area contributed by atoms with Crippen LogP contribution in [-0.2, 0) is 29.1 Å². The van der Waals surface area contributed by atoms with Crippen LogP contribution >= 0.6 is 0 Å². The Morgan fingerprint density at radius 2 is 1.70 bits per heavy atom. The van der Waals surface area contributed by atoms with Gasteiger partial charge in [-0.1, -0.05) is 42.5 Å². The summed E-state index contributed by atoms with van der Waals surface area (Å²) in [5, 5.41) is 11.9. The number of hydrogen-bond acceptors (Lipinski definition) is 3. The maximum Gasteiger partial charge on any atom is 0.307 e. The van der Waals surface area contributed by atoms with E-state index in [2.05, 4.69) is 46.6 Å². The molecule has 140 valence electrons. The van der Waals surface area contributed by atoms with Crippen LogP contribution in [0.1, 0.15) is 29.5 Å². The van der Waals surface area contributed by atoms with Crippen molar-refractivity contribution in [1.29, 1.82) is 0 Å². The lowest BCUT2D eigenvalue weighted by Gasteiger charge is -2.31. The van der Waals surface area contributed by atoms with Crippen molar-refractivity contribution >= 4 is 17.6 Å². The summed E-state index contributed by atoms with van der Waals surface area (Å²) in [6.45, 7) is 2.36. The Bertz CT molecular complexity index is 847. The van der Waals surface area contributed by atoms with Crippen LogP contribution in [0.4, 0.5) is 5.69 Å². The molecule has 0 saturated heterocycles. The molecule has 4 rings (SSSR count). The molecule has 2 atom stereocenters. The zero-order chi connectivity index (χ0) is 18.8. The summed E-state index contributed by atoms with van der Waals surface area (Å²) in [5.41, 5.74) is 5.00. The molecule has 2 aliphatic rings. The highest BCUT2D eigenvalue weighted by Gasteiger charge is 2.41. The van der Waals surface area contributed by atoms with Crippen molar-refractivity contribution in [2.45, 2.75) is 32.4 Å². The smallest absolute Gasteiger partial charge is 0.307 e. The third-order valence-corrected chi connectivity index (χ3v) is 5.77. The molecule has 2 aromatic carbocycles. The van der Waals surface area contributed by atoms with Gasteiger partial charge in [0.2, 0.25) is 5.91 Å². The summed E-state index contributed by atoms with van der Waals surface area (Å²) in [6, 6.07) is 16.8. The topological polar surface area (TPSA) is 69.6 Å². The van der Waals surface area contributed by atoms with Crippen LogP contribution in [0.25, 0.3) is 0 Å². The third-order valence-electron chi connectivity index (χ3n) is 5.77. The van der Waals surface area contributed by atoms with Crippen LogP contribution < -0.4 is 10.2 Å². The summed E-state index contributed by atoms with van der Waals surface area (Å²) in [5.74, 6) is -1.91. The Balaban J connectivity index is 1.31. The van der Waals surface area contributed by atoms with Crippen molar-refractivity contribution in [1.82, 2.24) is 5.32 Å². The molecule has 2 aromatic rings. The zero-order valence-electron chi connectivity index (χ0n) is 15.2. The van der Waals surface area contributed by atoms with Crippen LogP contribution in [0, 0.1) is 11.8 Å². The first-order valence-corrected chi connectivity index (χ1v) is 9.53. The lowest BCUT2D eigenvalue weighted by molar-refractivity contribution is -0.152. The number of hydrogen-bond donors (Lipinski definition) is 2. The van der Waals surface area contributed by atoms with E-state index in [4.69, 9.17) is 5.11 Å². The fourth-order valence-corrected chi connectivity index (χ4v) is 3.98. The van der Waals surface area contributed by atoms with Gasteiger partial charge in [-0.2, -0.15) is 0 Å². The normalized spacial score (nSPS) is 20.7. The first-order chi connectivity index (χ1) is 13.1. The largest absolute Gasteiger partial charge is 0.481 e. The maximum atomic E-state index is 12.1. The second kappa shape index (κ2) is 7.43. The molecule has 1 aliphatic heterocycles. The van der Waals surface area contributed by atoms with Crippen LogP contribution in [0.3, 0.4) is 0 Å². The van der Waals surface area contributed by atoms with Gasteiger partial charge in [0.05, 0.1) is 11.8 Å². The monoisotopic (exact) mass is 364 g/mol. The predicted molar refractivity (Wildman–Crippen MR) is 103 cm³/mol. The fraction of sp³-hybridized carbons (Fsp3) is 0.364. The SMILES string of the molecule is O=C(O)C1CCC1C(=O)NCc1ccc(CN2CCc3ccccc32)cc1. The minimum Gasteiger partial charge on any atom is -0.481 e. The molecule has 1 heterocycles. The van der Waals surface area contributed by atoms with E-state index >= 15 is 0 Å². The van der Waals surface area contributed by atoms with Gasteiger partial charge in [-0.15, -0.1) is 0 Å². The lowest BCUT2D eigenvalue weighted by atomic mass is 9.73. The van der Waals surface area contributed by atoms with Gasteiger partial charge in [-0.25, -0.2) is 0 Å². The quantitative estimate of drug-likeness (QED) is 0.827. The number of para-hydroxylation sites is 1. The highest BCUT2D eigenvalue weighted by molar-refractivity contribution is 5.86. The Kier molecular flexibility index (Phi) is 4.84. The van der Waals surface area contributed by atoms with Gasteiger partial charge in [0.1, 0.15) is 0 Å². The minimum atomic E-state index is -0.866. The number of carboxylic acid groups (broad SMARTS) is 1. The summed E-state index contributed by atoms with van der Waals surface area (Å²) in [6.07, 6.45) is 2.36. The second-order valence-electron chi connectivity index (χ2n) is 7.46. The zero-order valence-corrected chi connectivity index (χ0v) is 15.2. The third kappa shape index (κ3) is 3.68. The molecule has 27 heavy (non-hydrogen) atoms. The molecule has 2 N–H and O–H groups in total. The van der Waals surface area contributed by atoms with Gasteiger partial charge in [0, 0.05) is 25.3 Å². The first kappa shape index (κ1) is 17.6. The molecule has 5 heteroatoms. The molecule has 1 aliphatic carbocycles. The van der Waals surface area contributed by atoms with Crippen LogP contribution in [0.15, 0.2) is 48.5 Å². The molecule has 0 spiro atoms. The van der Waals surface area contributed by atoms with Crippen molar-refractivity contribution in [2.24, 2.45) is 11.8 Å². The number of anilines is 1. The number of rotatable bonds is 6. The van der Waals surface area contributed by atoms with E-state index in [0.29, 0.717) is 19.4 Å². The van der Waals surface area contributed by atoms with E-state index in [1.54, 1.807) is 0 Å². The summed E-state index contributed by atoms with van der Waals surface area (Å²) in [7, 11) is 0. The molecule has 1 amide bonds. The highest BCUT2D eigenvalue weighted by atomic mass is 16.4. The number of benzene rings is 2. The Hall–Kier alpha value is -2.82. The number of fused-ring (bicyclic) bond motifs is 1. The number of carboxylic acids is 1. The Labute approximate surface area is 159 Å². The van der Waals surface area contributed by atoms with Gasteiger partial charge in [0.25, 0.3) is 0 Å². The van der Waals surface area contributed by atoms with Gasteiger partial charge in [-0.05, 0) is 42.0 Å². The van der Waals surface area contributed by atoms with Gasteiger partial charge in [-0.3, -0.25) is 9.59 Å². The standard InChI is InChI=1S/C22H24N2O3/c25-21(18-9-10-19(18)22(26)27)23-13-15-5-7-16(8-6-15)14-24-12-11-17-3-1-2-4-20(17)24/h1-8,18-19H,9-14H2,(H,23,25)(H,26,27). The molecule has 2 unspecified atom stereocenters. The lowest BCUT2D eigenvalue weighted by Crippen LogP contribution is -2.43. The first-order valence-electron chi connectivity index (χ1n) is 9.53. The Morgan fingerprint density at radius 3 is 2.41 bits per heavy atom. The van der Waals surface area contributed by atoms with E-state index in [9.17, 15) is 9.59 Å². The van der Waals surface area contributed by atoms with E-state index in [1.807, 2.05) is 12.1 Å². The molecule has 5 nitrogen and oxygen atoms in total. The number of aliphatic carboxylic acids is 1. The number of nitrogens with zero attached hydrogens (tertiary/aromatic N) is 1. The fourth-order valence-electron chi connectivity index (χ4n) is 3.98. The van der Waals surface area contributed by atoms with Gasteiger partial charge >= 0.3 is 5.97 Å². The van der Waals surface area contributed by atoms with Gasteiger partial charge in [0.15, 0.2) is 0 Å². The van der Waals surface area contributed by atoms with Gasteiger partial charge < -0.3 is 15.3 Å². The van der Waals surface area contributed by atoms with Crippen molar-refractivity contribution in [3.8, 4) is 0 Å². The maximum absolute atomic E-state index is 12.1. The summed E-state index contributed by atoms with van der Waals surface area (Å²) in [4.78, 5) is 25.6. The van der Waals surface area contributed by atoms with Crippen LogP contribution in [0.2, 0.25) is 0 Å².